The van der Waals surface area contributed by atoms with Crippen LogP contribution in [0, 0.1) is 13.8 Å². The second-order valence-electron chi connectivity index (χ2n) is 5.35. The van der Waals surface area contributed by atoms with Gasteiger partial charge in [-0.3, -0.25) is 9.89 Å². The van der Waals surface area contributed by atoms with Crippen molar-refractivity contribution >= 4 is 16.8 Å². The number of nitrogens with zero attached hydrogens (tertiary/aromatic N) is 2. The number of aromatic amines is 1. The fraction of sp³-hybridized carbons (Fsp3) is 0.235. The quantitative estimate of drug-likeness (QED) is 0.776. The normalized spacial score (nSPS) is 10.7. The number of pyridine rings is 1. The summed E-state index contributed by atoms with van der Waals surface area (Å²) in [6, 6.07) is 9.61. The zero-order chi connectivity index (χ0) is 16.4. The van der Waals surface area contributed by atoms with Gasteiger partial charge in [-0.2, -0.15) is 5.10 Å². The topological polar surface area (TPSA) is 79.9 Å². The van der Waals surface area contributed by atoms with Crippen LogP contribution in [0.15, 0.2) is 30.3 Å². The number of fused-ring (bicyclic) bond motifs is 1. The Bertz CT molecular complexity index is 870. The van der Waals surface area contributed by atoms with E-state index in [9.17, 15) is 4.79 Å². The number of amides is 1. The van der Waals surface area contributed by atoms with E-state index in [0.717, 1.165) is 27.7 Å². The van der Waals surface area contributed by atoms with Gasteiger partial charge in [0, 0.05) is 29.3 Å². The molecule has 0 saturated carbocycles. The van der Waals surface area contributed by atoms with Crippen molar-refractivity contribution in [3.8, 4) is 5.88 Å². The number of nitrogens with one attached hydrogen (secondary N) is 2. The number of hydrogen-bond acceptors (Lipinski definition) is 4. The van der Waals surface area contributed by atoms with E-state index in [1.165, 1.54) is 0 Å². The smallest absolute Gasteiger partial charge is 0.272 e. The first kappa shape index (κ1) is 15.0. The number of aromatic nitrogens is 3. The molecule has 0 fully saturated rings. The van der Waals surface area contributed by atoms with E-state index in [0.29, 0.717) is 18.1 Å². The van der Waals surface area contributed by atoms with Crippen molar-refractivity contribution in [2.24, 2.45) is 0 Å². The lowest BCUT2D eigenvalue weighted by molar-refractivity contribution is 0.0945. The lowest BCUT2D eigenvalue weighted by Gasteiger charge is -2.10. The zero-order valence-electron chi connectivity index (χ0n) is 13.3. The number of H-pyrrole nitrogens is 1. The van der Waals surface area contributed by atoms with Crippen molar-refractivity contribution in [1.82, 2.24) is 20.5 Å². The summed E-state index contributed by atoms with van der Waals surface area (Å²) < 4.78 is 5.24. The van der Waals surface area contributed by atoms with Gasteiger partial charge in [-0.1, -0.05) is 18.2 Å². The summed E-state index contributed by atoms with van der Waals surface area (Å²) in [5.74, 6) is 0.325. The van der Waals surface area contributed by atoms with Crippen molar-refractivity contribution in [3.05, 3.63) is 52.8 Å². The van der Waals surface area contributed by atoms with Crippen LogP contribution in [0.4, 0.5) is 0 Å². The summed E-state index contributed by atoms with van der Waals surface area (Å²) in [7, 11) is 1.58. The fourth-order valence-corrected chi connectivity index (χ4v) is 2.44. The number of hydrogen-bond donors (Lipinski definition) is 2. The molecule has 0 aliphatic heterocycles. The summed E-state index contributed by atoms with van der Waals surface area (Å²) in [6.07, 6.45) is 0. The lowest BCUT2D eigenvalue weighted by Crippen LogP contribution is -2.24. The Morgan fingerprint density at radius 1 is 1.30 bits per heavy atom. The highest BCUT2D eigenvalue weighted by atomic mass is 16.5. The summed E-state index contributed by atoms with van der Waals surface area (Å²) in [5, 5.41) is 10.8. The minimum absolute atomic E-state index is 0.202. The number of methoxy groups -OCH3 is 1. The molecule has 0 radical (unpaired) electrons. The Hall–Kier alpha value is -2.89. The summed E-state index contributed by atoms with van der Waals surface area (Å²) in [4.78, 5) is 16.7. The van der Waals surface area contributed by atoms with Gasteiger partial charge < -0.3 is 10.1 Å². The van der Waals surface area contributed by atoms with E-state index in [4.69, 9.17) is 4.74 Å². The molecule has 0 saturated heterocycles. The highest BCUT2D eigenvalue weighted by molar-refractivity contribution is 5.94. The van der Waals surface area contributed by atoms with Crippen LogP contribution in [0.25, 0.3) is 10.9 Å². The molecular weight excluding hydrogens is 292 g/mol. The number of ether oxygens (including phenoxy) is 1. The minimum Gasteiger partial charge on any atom is -0.481 e. The Morgan fingerprint density at radius 2 is 2.09 bits per heavy atom. The third kappa shape index (κ3) is 2.88. The average Bonchev–Trinajstić information content (AvgIpc) is 2.91. The van der Waals surface area contributed by atoms with Crippen molar-refractivity contribution in [3.63, 3.8) is 0 Å². The third-order valence-corrected chi connectivity index (χ3v) is 3.90. The van der Waals surface area contributed by atoms with Crippen LogP contribution in [-0.2, 0) is 6.54 Å². The molecule has 118 valence electrons. The molecular formula is C17H18N4O2. The van der Waals surface area contributed by atoms with Crippen molar-refractivity contribution in [2.75, 3.05) is 7.11 Å². The SMILES string of the molecule is COc1cc(CNC(=O)c2n[nH]c(C)c2C)c2ccccc2n1. The summed E-state index contributed by atoms with van der Waals surface area (Å²) >= 11 is 0. The number of para-hydroxylation sites is 1. The molecule has 3 aromatic rings. The monoisotopic (exact) mass is 310 g/mol. The minimum atomic E-state index is -0.202. The van der Waals surface area contributed by atoms with E-state index in [-0.39, 0.29) is 5.91 Å². The largest absolute Gasteiger partial charge is 0.481 e. The van der Waals surface area contributed by atoms with E-state index in [2.05, 4.69) is 20.5 Å². The fourth-order valence-electron chi connectivity index (χ4n) is 2.44. The molecule has 2 N–H and O–H groups in total. The predicted octanol–water partition coefficient (Wildman–Crippen LogP) is 2.51. The standard InChI is InChI=1S/C17H18N4O2/c1-10-11(2)20-21-16(10)17(22)18-9-12-8-15(23-3)19-14-7-5-4-6-13(12)14/h4-8H,9H2,1-3H3,(H,18,22)(H,20,21). The Kier molecular flexibility index (Phi) is 3.97. The molecule has 0 bridgehead atoms. The van der Waals surface area contributed by atoms with Crippen LogP contribution in [0.1, 0.15) is 27.3 Å². The predicted molar refractivity (Wildman–Crippen MR) is 87.5 cm³/mol. The maximum Gasteiger partial charge on any atom is 0.272 e. The van der Waals surface area contributed by atoms with Gasteiger partial charge >= 0.3 is 0 Å². The molecule has 6 heteroatoms. The van der Waals surface area contributed by atoms with Crippen LogP contribution in [0.2, 0.25) is 0 Å². The van der Waals surface area contributed by atoms with Crippen LogP contribution >= 0.6 is 0 Å². The van der Waals surface area contributed by atoms with Crippen LogP contribution < -0.4 is 10.1 Å². The highest BCUT2D eigenvalue weighted by Gasteiger charge is 2.15. The van der Waals surface area contributed by atoms with Gasteiger partial charge in [0.1, 0.15) is 0 Å². The van der Waals surface area contributed by atoms with Gasteiger partial charge in [0.05, 0.1) is 12.6 Å². The van der Waals surface area contributed by atoms with Crippen LogP contribution in [0.5, 0.6) is 5.88 Å². The second-order valence-corrected chi connectivity index (χ2v) is 5.35. The number of rotatable bonds is 4. The first-order valence-corrected chi connectivity index (χ1v) is 7.32. The summed E-state index contributed by atoms with van der Waals surface area (Å²) in [5.41, 5.74) is 3.97. The molecule has 0 atom stereocenters. The van der Waals surface area contributed by atoms with Gasteiger partial charge in [-0.25, -0.2) is 4.98 Å². The second kappa shape index (κ2) is 6.08. The Morgan fingerprint density at radius 3 is 2.78 bits per heavy atom. The highest BCUT2D eigenvalue weighted by Crippen LogP contribution is 2.22. The van der Waals surface area contributed by atoms with E-state index in [1.807, 2.05) is 44.2 Å². The molecule has 0 aliphatic carbocycles. The first-order chi connectivity index (χ1) is 11.1. The van der Waals surface area contributed by atoms with E-state index < -0.39 is 0 Å². The van der Waals surface area contributed by atoms with E-state index in [1.54, 1.807) is 7.11 Å². The first-order valence-electron chi connectivity index (χ1n) is 7.32. The van der Waals surface area contributed by atoms with Gasteiger partial charge in [-0.15, -0.1) is 0 Å². The average molecular weight is 310 g/mol. The molecule has 23 heavy (non-hydrogen) atoms. The molecule has 0 spiro atoms. The van der Waals surface area contributed by atoms with Gasteiger partial charge in [-0.05, 0) is 25.5 Å². The zero-order valence-corrected chi connectivity index (χ0v) is 13.3. The molecule has 1 amide bonds. The molecule has 1 aromatic carbocycles. The molecule has 2 heterocycles. The molecule has 3 rings (SSSR count). The van der Waals surface area contributed by atoms with Gasteiger partial charge in [0.2, 0.25) is 5.88 Å². The molecule has 6 nitrogen and oxygen atoms in total. The maximum absolute atomic E-state index is 12.3. The maximum atomic E-state index is 12.3. The Balaban J connectivity index is 1.87. The lowest BCUT2D eigenvalue weighted by atomic mass is 10.1. The van der Waals surface area contributed by atoms with Crippen molar-refractivity contribution in [2.45, 2.75) is 20.4 Å². The van der Waals surface area contributed by atoms with Gasteiger partial charge in [0.25, 0.3) is 5.91 Å². The van der Waals surface area contributed by atoms with Gasteiger partial charge in [0.15, 0.2) is 5.69 Å². The van der Waals surface area contributed by atoms with Crippen LogP contribution in [-0.4, -0.2) is 28.2 Å². The molecule has 2 aromatic heterocycles. The number of aryl methyl sites for hydroxylation is 1. The molecule has 0 aliphatic rings. The summed E-state index contributed by atoms with van der Waals surface area (Å²) in [6.45, 7) is 4.14. The van der Waals surface area contributed by atoms with Crippen molar-refractivity contribution < 1.29 is 9.53 Å². The number of benzene rings is 1. The van der Waals surface area contributed by atoms with Crippen LogP contribution in [0.3, 0.4) is 0 Å². The van der Waals surface area contributed by atoms with Crippen molar-refractivity contribution in [1.29, 1.82) is 0 Å². The third-order valence-electron chi connectivity index (χ3n) is 3.90. The molecule has 0 unspecified atom stereocenters. The number of carbonyl (C=O) groups is 1. The Labute approximate surface area is 133 Å². The number of carbonyl (C=O) groups excluding carboxylic acids is 1. The van der Waals surface area contributed by atoms with E-state index >= 15 is 0 Å².